The van der Waals surface area contributed by atoms with Gasteiger partial charge in [-0.15, -0.1) is 0 Å². The maximum absolute atomic E-state index is 11.3. The van der Waals surface area contributed by atoms with Crippen molar-refractivity contribution in [2.45, 2.75) is 16.7 Å². The molecule has 18 heavy (non-hydrogen) atoms. The van der Waals surface area contributed by atoms with Crippen LogP contribution >= 0.6 is 43.6 Å². The summed E-state index contributed by atoms with van der Waals surface area (Å²) in [6.07, 6.45) is 0. The van der Waals surface area contributed by atoms with Gasteiger partial charge in [-0.05, 0) is 63.0 Å². The summed E-state index contributed by atoms with van der Waals surface area (Å²) >= 11 is 8.69. The summed E-state index contributed by atoms with van der Waals surface area (Å²) in [4.78, 5) is 13.5. The number of halogens is 2. The fraction of sp³-hybridized carbons (Fsp3) is 0.0714. The van der Waals surface area contributed by atoms with E-state index in [-0.39, 0.29) is 5.78 Å². The van der Waals surface area contributed by atoms with Gasteiger partial charge in [0.1, 0.15) is 0 Å². The highest BCUT2D eigenvalue weighted by molar-refractivity contribution is 9.11. The molecule has 0 aliphatic rings. The van der Waals surface area contributed by atoms with Crippen LogP contribution in [0.2, 0.25) is 0 Å². The zero-order valence-electron chi connectivity index (χ0n) is 9.61. The molecule has 0 unspecified atom stereocenters. The molecule has 0 aliphatic carbocycles. The molecule has 0 amide bonds. The number of Topliss-reactive ketones (excluding diaryl/α,β-unsaturated/α-hetero) is 1. The lowest BCUT2D eigenvalue weighted by Gasteiger charge is -2.07. The summed E-state index contributed by atoms with van der Waals surface area (Å²) in [5.74, 6) is 0.0770. The number of carbonyl (C=O) groups is 1. The van der Waals surface area contributed by atoms with Gasteiger partial charge in [0.15, 0.2) is 5.78 Å². The molecular formula is C14H10Br2OS. The first kappa shape index (κ1) is 13.8. The van der Waals surface area contributed by atoms with Crippen molar-refractivity contribution in [1.82, 2.24) is 0 Å². The van der Waals surface area contributed by atoms with E-state index in [2.05, 4.69) is 37.9 Å². The number of rotatable bonds is 3. The molecule has 0 atom stereocenters. The molecule has 4 heteroatoms. The largest absolute Gasteiger partial charge is 0.295 e. The average Bonchev–Trinajstić information content (AvgIpc) is 2.34. The Kier molecular flexibility index (Phi) is 4.65. The Morgan fingerprint density at radius 3 is 2.28 bits per heavy atom. The van der Waals surface area contributed by atoms with Gasteiger partial charge >= 0.3 is 0 Å². The van der Waals surface area contributed by atoms with Crippen LogP contribution in [-0.2, 0) is 0 Å². The van der Waals surface area contributed by atoms with Crippen LogP contribution in [0.25, 0.3) is 0 Å². The smallest absolute Gasteiger partial charge is 0.159 e. The van der Waals surface area contributed by atoms with Crippen LogP contribution in [0.3, 0.4) is 0 Å². The molecule has 0 bridgehead atoms. The lowest BCUT2D eigenvalue weighted by Crippen LogP contribution is -1.91. The Morgan fingerprint density at radius 2 is 1.67 bits per heavy atom. The molecule has 0 saturated heterocycles. The van der Waals surface area contributed by atoms with Gasteiger partial charge in [0, 0.05) is 24.3 Å². The van der Waals surface area contributed by atoms with Gasteiger partial charge in [-0.25, -0.2) is 0 Å². The van der Waals surface area contributed by atoms with Crippen LogP contribution in [0.5, 0.6) is 0 Å². The fourth-order valence-corrected chi connectivity index (χ4v) is 3.44. The highest BCUT2D eigenvalue weighted by atomic mass is 79.9. The summed E-state index contributed by atoms with van der Waals surface area (Å²) in [7, 11) is 0. The minimum Gasteiger partial charge on any atom is -0.295 e. The Bertz CT molecular complexity index is 596. The van der Waals surface area contributed by atoms with Gasteiger partial charge in [-0.2, -0.15) is 0 Å². The van der Waals surface area contributed by atoms with Gasteiger partial charge in [0.2, 0.25) is 0 Å². The van der Waals surface area contributed by atoms with Crippen molar-refractivity contribution < 1.29 is 4.79 Å². The van der Waals surface area contributed by atoms with E-state index in [1.54, 1.807) is 18.7 Å². The van der Waals surface area contributed by atoms with Crippen molar-refractivity contribution in [3.8, 4) is 0 Å². The van der Waals surface area contributed by atoms with Gasteiger partial charge < -0.3 is 0 Å². The Morgan fingerprint density at radius 1 is 1.00 bits per heavy atom. The van der Waals surface area contributed by atoms with E-state index in [4.69, 9.17) is 0 Å². The van der Waals surface area contributed by atoms with Crippen LogP contribution in [-0.4, -0.2) is 5.78 Å². The van der Waals surface area contributed by atoms with E-state index in [1.165, 1.54) is 0 Å². The molecule has 2 rings (SSSR count). The highest BCUT2D eigenvalue weighted by Gasteiger charge is 2.07. The summed E-state index contributed by atoms with van der Waals surface area (Å²) in [5.41, 5.74) is 0.721. The molecule has 0 radical (unpaired) electrons. The first-order valence-corrected chi connectivity index (χ1v) is 7.71. The zero-order valence-corrected chi connectivity index (χ0v) is 13.6. The van der Waals surface area contributed by atoms with Crippen LogP contribution in [0.15, 0.2) is 61.2 Å². The lowest BCUT2D eigenvalue weighted by atomic mass is 10.2. The zero-order chi connectivity index (χ0) is 13.1. The number of hydrogen-bond acceptors (Lipinski definition) is 2. The van der Waals surface area contributed by atoms with Gasteiger partial charge in [0.25, 0.3) is 0 Å². The van der Waals surface area contributed by atoms with E-state index in [1.807, 2.05) is 36.4 Å². The average molecular weight is 386 g/mol. The summed E-state index contributed by atoms with van der Waals surface area (Å²) in [5, 5.41) is 0. The predicted octanol–water partition coefficient (Wildman–Crippen LogP) is 5.57. The Labute approximate surface area is 127 Å². The van der Waals surface area contributed by atoms with E-state index in [0.29, 0.717) is 0 Å². The maximum atomic E-state index is 11.3. The third-order valence-electron chi connectivity index (χ3n) is 2.39. The molecule has 0 aliphatic heterocycles. The molecule has 0 fully saturated rings. The standard InChI is InChI=1S/C14H10Br2OS/c1-9(17)10-6-7-14(12(16)8-10)18-13-5-3-2-4-11(13)15/h2-8H,1H3. The van der Waals surface area contributed by atoms with Crippen LogP contribution in [0, 0.1) is 0 Å². The predicted molar refractivity (Wildman–Crippen MR) is 82.4 cm³/mol. The molecule has 0 spiro atoms. The molecule has 0 N–H and O–H groups in total. The molecule has 1 nitrogen and oxygen atoms in total. The second-order valence-corrected chi connectivity index (χ2v) is 6.53. The van der Waals surface area contributed by atoms with E-state index >= 15 is 0 Å². The molecule has 0 aromatic heterocycles. The third kappa shape index (κ3) is 3.25. The second kappa shape index (κ2) is 6.04. The van der Waals surface area contributed by atoms with E-state index in [0.717, 1.165) is 24.3 Å². The van der Waals surface area contributed by atoms with Crippen LogP contribution in [0.4, 0.5) is 0 Å². The van der Waals surface area contributed by atoms with Crippen molar-refractivity contribution >= 4 is 49.4 Å². The maximum Gasteiger partial charge on any atom is 0.159 e. The minimum atomic E-state index is 0.0770. The fourth-order valence-electron chi connectivity index (χ4n) is 1.45. The van der Waals surface area contributed by atoms with Gasteiger partial charge in [-0.1, -0.05) is 30.0 Å². The Hall–Kier alpha value is -0.580. The SMILES string of the molecule is CC(=O)c1ccc(Sc2ccccc2Br)c(Br)c1. The van der Waals surface area contributed by atoms with Crippen molar-refractivity contribution in [3.63, 3.8) is 0 Å². The molecule has 2 aromatic carbocycles. The normalized spacial score (nSPS) is 10.4. The number of carbonyl (C=O) groups excluding carboxylic acids is 1. The summed E-state index contributed by atoms with van der Waals surface area (Å²) < 4.78 is 2.01. The van der Waals surface area contributed by atoms with Crippen molar-refractivity contribution in [2.75, 3.05) is 0 Å². The first-order valence-electron chi connectivity index (χ1n) is 5.31. The lowest BCUT2D eigenvalue weighted by molar-refractivity contribution is 0.101. The minimum absolute atomic E-state index is 0.0770. The van der Waals surface area contributed by atoms with Gasteiger partial charge in [0.05, 0.1) is 0 Å². The quantitative estimate of drug-likeness (QED) is 0.642. The number of hydrogen-bond donors (Lipinski definition) is 0. The summed E-state index contributed by atoms with van der Waals surface area (Å²) in [6.45, 7) is 1.57. The summed E-state index contributed by atoms with van der Waals surface area (Å²) in [6, 6.07) is 13.7. The van der Waals surface area contributed by atoms with Crippen molar-refractivity contribution in [2.24, 2.45) is 0 Å². The molecule has 0 heterocycles. The molecule has 92 valence electrons. The first-order chi connectivity index (χ1) is 8.58. The number of benzene rings is 2. The van der Waals surface area contributed by atoms with E-state index in [9.17, 15) is 4.79 Å². The molecule has 2 aromatic rings. The van der Waals surface area contributed by atoms with E-state index < -0.39 is 0 Å². The van der Waals surface area contributed by atoms with Crippen LogP contribution < -0.4 is 0 Å². The van der Waals surface area contributed by atoms with Crippen molar-refractivity contribution in [1.29, 1.82) is 0 Å². The molecular weight excluding hydrogens is 376 g/mol. The third-order valence-corrected chi connectivity index (χ3v) is 5.42. The second-order valence-electron chi connectivity index (χ2n) is 3.73. The monoisotopic (exact) mass is 384 g/mol. The molecule has 0 saturated carbocycles. The van der Waals surface area contributed by atoms with Crippen LogP contribution in [0.1, 0.15) is 17.3 Å². The van der Waals surface area contributed by atoms with Gasteiger partial charge in [-0.3, -0.25) is 4.79 Å². The topological polar surface area (TPSA) is 17.1 Å². The van der Waals surface area contributed by atoms with Crippen molar-refractivity contribution in [3.05, 3.63) is 57.0 Å². The Balaban J connectivity index is 2.30. The highest BCUT2D eigenvalue weighted by Crippen LogP contribution is 2.37. The number of ketones is 1.